The van der Waals surface area contributed by atoms with Crippen molar-refractivity contribution in [1.82, 2.24) is 20.2 Å². The van der Waals surface area contributed by atoms with Crippen LogP contribution in [0.1, 0.15) is 18.2 Å². The summed E-state index contributed by atoms with van der Waals surface area (Å²) in [6, 6.07) is 6.00. The van der Waals surface area contributed by atoms with Crippen molar-refractivity contribution in [2.24, 2.45) is 0 Å². The number of carbonyl (C=O) groups excluding carboxylic acids is 1. The number of hydrogen-bond donors (Lipinski definition) is 1. The molecular weight excluding hydrogens is 240 g/mol. The normalized spacial score (nSPS) is 14.3. The molecule has 0 saturated carbocycles. The molecule has 0 saturated heterocycles. The lowest BCUT2D eigenvalue weighted by Gasteiger charge is -2.28. The van der Waals surface area contributed by atoms with Gasteiger partial charge in [-0.1, -0.05) is 0 Å². The lowest BCUT2D eigenvalue weighted by molar-refractivity contribution is 0.192. The van der Waals surface area contributed by atoms with Gasteiger partial charge in [-0.2, -0.15) is 0 Å². The van der Waals surface area contributed by atoms with Crippen molar-refractivity contribution < 1.29 is 4.79 Å². The van der Waals surface area contributed by atoms with Gasteiger partial charge in [0.15, 0.2) is 5.65 Å². The topological polar surface area (TPSA) is 58.1 Å². The van der Waals surface area contributed by atoms with Crippen LogP contribution in [0.3, 0.4) is 0 Å². The van der Waals surface area contributed by atoms with Crippen molar-refractivity contribution in [3.05, 3.63) is 35.7 Å². The molecule has 2 aromatic rings. The van der Waals surface area contributed by atoms with Crippen LogP contribution in [0, 0.1) is 0 Å². The highest BCUT2D eigenvalue weighted by atomic mass is 16.2. The summed E-state index contributed by atoms with van der Waals surface area (Å²) < 4.78 is 0. The van der Waals surface area contributed by atoms with E-state index in [2.05, 4.69) is 21.4 Å². The highest BCUT2D eigenvalue weighted by Crippen LogP contribution is 2.21. The first-order chi connectivity index (χ1) is 9.28. The smallest absolute Gasteiger partial charge is 0.317 e. The van der Waals surface area contributed by atoms with Gasteiger partial charge in [0.25, 0.3) is 0 Å². The minimum absolute atomic E-state index is 0.000524. The predicted molar refractivity (Wildman–Crippen MR) is 72.7 cm³/mol. The van der Waals surface area contributed by atoms with Crippen molar-refractivity contribution in [2.45, 2.75) is 19.9 Å². The van der Waals surface area contributed by atoms with Crippen molar-refractivity contribution >= 4 is 17.1 Å². The van der Waals surface area contributed by atoms with Crippen LogP contribution in [0.2, 0.25) is 0 Å². The lowest BCUT2D eigenvalue weighted by Crippen LogP contribution is -2.42. The maximum absolute atomic E-state index is 11.9. The highest BCUT2D eigenvalue weighted by Gasteiger charge is 2.21. The molecule has 5 nitrogen and oxygen atoms in total. The number of nitrogens with one attached hydrogen (secondary N) is 1. The third-order valence-electron chi connectivity index (χ3n) is 3.35. The fourth-order valence-electron chi connectivity index (χ4n) is 2.40. The molecule has 19 heavy (non-hydrogen) atoms. The molecule has 0 fully saturated rings. The summed E-state index contributed by atoms with van der Waals surface area (Å²) in [5.41, 5.74) is 2.97. The molecule has 3 rings (SSSR count). The summed E-state index contributed by atoms with van der Waals surface area (Å²) in [4.78, 5) is 22.5. The van der Waals surface area contributed by atoms with E-state index >= 15 is 0 Å². The number of carbonyl (C=O) groups is 1. The van der Waals surface area contributed by atoms with E-state index in [9.17, 15) is 4.79 Å². The lowest BCUT2D eigenvalue weighted by atomic mass is 10.0. The summed E-state index contributed by atoms with van der Waals surface area (Å²) in [5, 5.41) is 3.86. The van der Waals surface area contributed by atoms with Crippen LogP contribution >= 0.6 is 0 Å². The van der Waals surface area contributed by atoms with E-state index in [1.54, 1.807) is 6.20 Å². The Morgan fingerprint density at radius 2 is 2.42 bits per heavy atom. The molecule has 0 unspecified atom stereocenters. The maximum atomic E-state index is 11.9. The Bertz CT molecular complexity index is 626. The Morgan fingerprint density at radius 3 is 3.26 bits per heavy atom. The zero-order chi connectivity index (χ0) is 13.2. The van der Waals surface area contributed by atoms with E-state index in [0.717, 1.165) is 28.7 Å². The van der Waals surface area contributed by atoms with Gasteiger partial charge in [-0.15, -0.1) is 0 Å². The van der Waals surface area contributed by atoms with Crippen LogP contribution in [0.5, 0.6) is 0 Å². The van der Waals surface area contributed by atoms with E-state index in [1.165, 1.54) is 0 Å². The summed E-state index contributed by atoms with van der Waals surface area (Å²) in [6.45, 7) is 3.92. The third kappa shape index (κ3) is 2.23. The van der Waals surface area contributed by atoms with Crippen LogP contribution in [0.25, 0.3) is 11.0 Å². The van der Waals surface area contributed by atoms with Gasteiger partial charge < -0.3 is 10.2 Å². The van der Waals surface area contributed by atoms with E-state index in [0.29, 0.717) is 19.6 Å². The van der Waals surface area contributed by atoms with Gasteiger partial charge >= 0.3 is 6.03 Å². The number of rotatable bonds is 1. The van der Waals surface area contributed by atoms with Gasteiger partial charge in [-0.3, -0.25) is 0 Å². The number of hydrogen-bond acceptors (Lipinski definition) is 3. The zero-order valence-electron chi connectivity index (χ0n) is 10.9. The van der Waals surface area contributed by atoms with Crippen molar-refractivity contribution in [3.8, 4) is 0 Å². The van der Waals surface area contributed by atoms with E-state index in [4.69, 9.17) is 0 Å². The average Bonchev–Trinajstić information content (AvgIpc) is 2.44. The Labute approximate surface area is 111 Å². The molecule has 5 heteroatoms. The van der Waals surface area contributed by atoms with Crippen molar-refractivity contribution in [1.29, 1.82) is 0 Å². The highest BCUT2D eigenvalue weighted by molar-refractivity contribution is 5.77. The van der Waals surface area contributed by atoms with Crippen LogP contribution in [-0.4, -0.2) is 34.0 Å². The molecule has 98 valence electrons. The molecule has 0 radical (unpaired) electrons. The first-order valence-electron chi connectivity index (χ1n) is 6.54. The second-order valence-electron chi connectivity index (χ2n) is 4.65. The van der Waals surface area contributed by atoms with Gasteiger partial charge in [0, 0.05) is 43.3 Å². The Kier molecular flexibility index (Phi) is 3.03. The predicted octanol–water partition coefficient (Wildman–Crippen LogP) is 1.72. The van der Waals surface area contributed by atoms with Gasteiger partial charge in [-0.25, -0.2) is 14.8 Å². The molecule has 0 aliphatic carbocycles. The molecule has 1 N–H and O–H groups in total. The molecule has 1 aliphatic heterocycles. The van der Waals surface area contributed by atoms with Gasteiger partial charge in [0.2, 0.25) is 0 Å². The molecular formula is C14H16N4O. The first kappa shape index (κ1) is 11.9. The minimum Gasteiger partial charge on any atom is -0.338 e. The summed E-state index contributed by atoms with van der Waals surface area (Å²) in [5.74, 6) is 0. The molecule has 3 heterocycles. The fraction of sp³-hybridized carbons (Fsp3) is 0.357. The van der Waals surface area contributed by atoms with Crippen molar-refractivity contribution in [2.75, 3.05) is 13.1 Å². The molecule has 1 aliphatic rings. The molecule has 2 aromatic heterocycles. The summed E-state index contributed by atoms with van der Waals surface area (Å²) >= 11 is 0. The van der Waals surface area contributed by atoms with E-state index < -0.39 is 0 Å². The van der Waals surface area contributed by atoms with Crippen molar-refractivity contribution in [3.63, 3.8) is 0 Å². The number of fused-ring (bicyclic) bond motifs is 2. The van der Waals surface area contributed by atoms with Crippen LogP contribution in [-0.2, 0) is 13.0 Å². The quantitative estimate of drug-likeness (QED) is 0.845. The second-order valence-corrected chi connectivity index (χ2v) is 4.65. The molecule has 0 atom stereocenters. The SMILES string of the molecule is CCNC(=O)N1CCc2nc3ncccc3cc2C1. The van der Waals surface area contributed by atoms with Crippen LogP contribution in [0.4, 0.5) is 4.79 Å². The average molecular weight is 256 g/mol. The Morgan fingerprint density at radius 1 is 1.53 bits per heavy atom. The number of pyridine rings is 2. The standard InChI is InChI=1S/C14H16N4O/c1-2-15-14(19)18-7-5-12-11(9-18)8-10-4-3-6-16-13(10)17-12/h3-4,6,8H,2,5,7,9H2,1H3,(H,15,19). The maximum Gasteiger partial charge on any atom is 0.317 e. The summed E-state index contributed by atoms with van der Waals surface area (Å²) in [7, 11) is 0. The summed E-state index contributed by atoms with van der Waals surface area (Å²) in [6.07, 6.45) is 2.55. The van der Waals surface area contributed by atoms with E-state index in [-0.39, 0.29) is 6.03 Å². The first-order valence-corrected chi connectivity index (χ1v) is 6.54. The third-order valence-corrected chi connectivity index (χ3v) is 3.35. The van der Waals surface area contributed by atoms with Crippen LogP contribution in [0.15, 0.2) is 24.4 Å². The number of aromatic nitrogens is 2. The van der Waals surface area contributed by atoms with Gasteiger partial charge in [0.1, 0.15) is 0 Å². The Balaban J connectivity index is 1.92. The van der Waals surface area contributed by atoms with Crippen LogP contribution < -0.4 is 5.32 Å². The molecule has 0 aromatic carbocycles. The Hall–Kier alpha value is -2.17. The second kappa shape index (κ2) is 4.84. The molecule has 2 amide bonds. The van der Waals surface area contributed by atoms with E-state index in [1.807, 2.05) is 24.0 Å². The van der Waals surface area contributed by atoms with Gasteiger partial charge in [-0.05, 0) is 30.7 Å². The number of nitrogens with zero attached hydrogens (tertiary/aromatic N) is 3. The molecule has 0 bridgehead atoms. The van der Waals surface area contributed by atoms with Gasteiger partial charge in [0.05, 0.1) is 0 Å². The fourth-order valence-corrected chi connectivity index (χ4v) is 2.40. The molecule has 0 spiro atoms. The minimum atomic E-state index is -0.000524. The number of amides is 2. The monoisotopic (exact) mass is 256 g/mol. The largest absolute Gasteiger partial charge is 0.338 e. The number of urea groups is 1. The zero-order valence-corrected chi connectivity index (χ0v) is 10.9.